The molecule has 0 N–H and O–H groups in total. The van der Waals surface area contributed by atoms with E-state index < -0.39 is 0 Å². The predicted octanol–water partition coefficient (Wildman–Crippen LogP) is 10.6. The van der Waals surface area contributed by atoms with Crippen molar-refractivity contribution in [3.05, 3.63) is 167 Å². The van der Waals surface area contributed by atoms with Crippen LogP contribution in [0.25, 0.3) is 32.3 Å². The molecule has 1 aliphatic heterocycles. The van der Waals surface area contributed by atoms with Gasteiger partial charge in [0.05, 0.1) is 6.04 Å². The van der Waals surface area contributed by atoms with Gasteiger partial charge in [0.25, 0.3) is 5.91 Å². The van der Waals surface area contributed by atoms with Crippen molar-refractivity contribution in [3.8, 4) is 0 Å². The van der Waals surface area contributed by atoms with Gasteiger partial charge in [-0.25, -0.2) is 0 Å². The Bertz CT molecular complexity index is 2340. The second kappa shape index (κ2) is 12.3. The van der Waals surface area contributed by atoms with Gasteiger partial charge in [0.1, 0.15) is 0 Å². The number of carbonyl (C=O) groups is 2. The zero-order chi connectivity index (χ0) is 32.8. The van der Waals surface area contributed by atoms with E-state index in [1.807, 2.05) is 88.7 Å². The van der Waals surface area contributed by atoms with Gasteiger partial charge in [-0.1, -0.05) is 115 Å². The standard InChI is InChI=1S/C43H33ClN2O2/c1-28(47)45(34-13-6-3-7-14-34)42-27-35(46(41-23-19-33(44)26-40(41)42)43(48)31-11-4-2-5-12-31)25-29-16-20-37-32(24-29)18-22-38-36-15-9-8-10-30(36)17-21-39(37)38/h2-24,26,35,42H,25,27H2,1H3. The molecule has 0 radical (unpaired) electrons. The minimum Gasteiger partial charge on any atom is -0.305 e. The van der Waals surface area contributed by atoms with E-state index >= 15 is 0 Å². The van der Waals surface area contributed by atoms with Crippen LogP contribution in [0.1, 0.15) is 40.9 Å². The summed E-state index contributed by atoms with van der Waals surface area (Å²) in [5, 5.41) is 7.86. The number of amides is 2. The number of carbonyl (C=O) groups excluding carboxylic acids is 2. The molecule has 1 aliphatic rings. The van der Waals surface area contributed by atoms with Crippen molar-refractivity contribution in [3.63, 3.8) is 0 Å². The first-order chi connectivity index (χ1) is 23.5. The molecule has 7 aromatic rings. The topological polar surface area (TPSA) is 40.6 Å². The SMILES string of the molecule is CC(=O)N(c1ccccc1)C1CC(Cc2ccc3c(ccc4c5ccccc5ccc34)c2)N(C(=O)c2ccccc2)c2ccc(Cl)cc21. The molecular weight excluding hydrogens is 612 g/mol. The summed E-state index contributed by atoms with van der Waals surface area (Å²) in [5.41, 5.74) is 4.19. The molecular formula is C43H33ClN2O2. The van der Waals surface area contributed by atoms with Crippen LogP contribution in [0.5, 0.6) is 0 Å². The molecule has 2 atom stereocenters. The number of nitrogens with zero attached hydrogens (tertiary/aromatic N) is 2. The third-order valence-corrected chi connectivity index (χ3v) is 9.91. The molecule has 8 rings (SSSR count). The molecule has 4 nitrogen and oxygen atoms in total. The largest absolute Gasteiger partial charge is 0.305 e. The lowest BCUT2D eigenvalue weighted by atomic mass is 9.85. The third-order valence-electron chi connectivity index (χ3n) is 9.67. The van der Waals surface area contributed by atoms with Crippen LogP contribution >= 0.6 is 11.6 Å². The summed E-state index contributed by atoms with van der Waals surface area (Å²) in [6.07, 6.45) is 1.16. The van der Waals surface area contributed by atoms with Crippen molar-refractivity contribution in [2.45, 2.75) is 31.8 Å². The number of hydrogen-bond donors (Lipinski definition) is 0. The van der Waals surface area contributed by atoms with Gasteiger partial charge < -0.3 is 9.80 Å². The van der Waals surface area contributed by atoms with E-state index in [0.717, 1.165) is 27.9 Å². The minimum absolute atomic E-state index is 0.0659. The Kier molecular flexibility index (Phi) is 7.66. The number of halogens is 1. The lowest BCUT2D eigenvalue weighted by molar-refractivity contribution is -0.117. The van der Waals surface area contributed by atoms with E-state index in [9.17, 15) is 9.59 Å². The van der Waals surface area contributed by atoms with Crippen LogP contribution in [0, 0.1) is 0 Å². The van der Waals surface area contributed by atoms with E-state index in [0.29, 0.717) is 23.4 Å². The molecule has 5 heteroatoms. The first-order valence-corrected chi connectivity index (χ1v) is 16.7. The highest BCUT2D eigenvalue weighted by Gasteiger charge is 2.40. The predicted molar refractivity (Wildman–Crippen MR) is 198 cm³/mol. The second-order valence-corrected chi connectivity index (χ2v) is 13.0. The first kappa shape index (κ1) is 29.9. The summed E-state index contributed by atoms with van der Waals surface area (Å²) in [6, 6.07) is 48.3. The Hall–Kier alpha value is -5.45. The van der Waals surface area contributed by atoms with Crippen LogP contribution in [-0.4, -0.2) is 17.9 Å². The van der Waals surface area contributed by atoms with Gasteiger partial charge in [0.2, 0.25) is 5.91 Å². The average Bonchev–Trinajstić information content (AvgIpc) is 3.12. The monoisotopic (exact) mass is 644 g/mol. The Balaban J connectivity index is 1.25. The van der Waals surface area contributed by atoms with Gasteiger partial charge in [0.15, 0.2) is 0 Å². The first-order valence-electron chi connectivity index (χ1n) is 16.3. The number of rotatable bonds is 5. The molecule has 234 valence electrons. The Labute approximate surface area is 284 Å². The fourth-order valence-corrected chi connectivity index (χ4v) is 7.74. The zero-order valence-electron chi connectivity index (χ0n) is 26.5. The Morgan fingerprint density at radius 3 is 2.08 bits per heavy atom. The normalized spacial score (nSPS) is 15.8. The van der Waals surface area contributed by atoms with Crippen LogP contribution in [-0.2, 0) is 11.2 Å². The second-order valence-electron chi connectivity index (χ2n) is 12.6. The van der Waals surface area contributed by atoms with E-state index in [4.69, 9.17) is 11.6 Å². The van der Waals surface area contributed by atoms with Gasteiger partial charge in [-0.15, -0.1) is 0 Å². The molecule has 2 unspecified atom stereocenters. The molecule has 48 heavy (non-hydrogen) atoms. The summed E-state index contributed by atoms with van der Waals surface area (Å²) < 4.78 is 0. The van der Waals surface area contributed by atoms with Crippen molar-refractivity contribution in [2.24, 2.45) is 0 Å². The van der Waals surface area contributed by atoms with Gasteiger partial charge in [-0.05, 0) is 93.2 Å². The summed E-state index contributed by atoms with van der Waals surface area (Å²) in [4.78, 5) is 31.6. The van der Waals surface area contributed by atoms with Gasteiger partial charge in [-0.3, -0.25) is 9.59 Å². The molecule has 0 fully saturated rings. The van der Waals surface area contributed by atoms with E-state index in [-0.39, 0.29) is 23.9 Å². The van der Waals surface area contributed by atoms with Crippen LogP contribution < -0.4 is 9.80 Å². The van der Waals surface area contributed by atoms with E-state index in [1.54, 1.807) is 6.92 Å². The number of fused-ring (bicyclic) bond motifs is 6. The Morgan fingerprint density at radius 2 is 1.33 bits per heavy atom. The Morgan fingerprint density at radius 1 is 0.688 bits per heavy atom. The molecule has 0 saturated heterocycles. The summed E-state index contributed by atoms with van der Waals surface area (Å²) >= 11 is 6.60. The van der Waals surface area contributed by atoms with Crippen LogP contribution in [0.15, 0.2) is 146 Å². The molecule has 0 spiro atoms. The highest BCUT2D eigenvalue weighted by molar-refractivity contribution is 6.30. The summed E-state index contributed by atoms with van der Waals surface area (Å²) in [7, 11) is 0. The van der Waals surface area contributed by atoms with Crippen molar-refractivity contribution >= 4 is 67.1 Å². The maximum Gasteiger partial charge on any atom is 0.258 e. The number of hydrogen-bond acceptors (Lipinski definition) is 2. The highest BCUT2D eigenvalue weighted by atomic mass is 35.5. The molecule has 0 bridgehead atoms. The summed E-state index contributed by atoms with van der Waals surface area (Å²) in [6.45, 7) is 1.60. The molecule has 0 aliphatic carbocycles. The zero-order valence-corrected chi connectivity index (χ0v) is 27.3. The van der Waals surface area contributed by atoms with Crippen molar-refractivity contribution < 1.29 is 9.59 Å². The van der Waals surface area contributed by atoms with Gasteiger partial charge >= 0.3 is 0 Å². The maximum absolute atomic E-state index is 14.4. The lowest BCUT2D eigenvalue weighted by Gasteiger charge is -2.44. The fraction of sp³-hybridized carbons (Fsp3) is 0.116. The molecule has 7 aromatic carbocycles. The van der Waals surface area contributed by atoms with Crippen molar-refractivity contribution in [1.29, 1.82) is 0 Å². The minimum atomic E-state index is -0.318. The average molecular weight is 645 g/mol. The van der Waals surface area contributed by atoms with Crippen molar-refractivity contribution in [1.82, 2.24) is 0 Å². The van der Waals surface area contributed by atoms with Crippen LogP contribution in [0.2, 0.25) is 5.02 Å². The summed E-state index contributed by atoms with van der Waals surface area (Å²) in [5.74, 6) is -0.140. The van der Waals surface area contributed by atoms with Crippen molar-refractivity contribution in [2.75, 3.05) is 9.80 Å². The molecule has 0 saturated carbocycles. The van der Waals surface area contributed by atoms with Gasteiger partial charge in [-0.2, -0.15) is 0 Å². The molecule has 0 aromatic heterocycles. The molecule has 2 amide bonds. The quantitative estimate of drug-likeness (QED) is 0.175. The van der Waals surface area contributed by atoms with E-state index in [1.165, 1.54) is 26.9 Å². The van der Waals surface area contributed by atoms with E-state index in [2.05, 4.69) is 66.7 Å². The molecule has 1 heterocycles. The number of anilines is 2. The third kappa shape index (κ3) is 5.29. The lowest BCUT2D eigenvalue weighted by Crippen LogP contribution is -2.49. The number of para-hydroxylation sites is 1. The van der Waals surface area contributed by atoms with Gasteiger partial charge in [0, 0.05) is 40.5 Å². The smallest absolute Gasteiger partial charge is 0.258 e. The fourth-order valence-electron chi connectivity index (χ4n) is 7.56. The maximum atomic E-state index is 14.4. The number of benzene rings is 7. The van der Waals surface area contributed by atoms with Crippen LogP contribution in [0.4, 0.5) is 11.4 Å². The highest BCUT2D eigenvalue weighted by Crippen LogP contribution is 2.45. The van der Waals surface area contributed by atoms with Crippen LogP contribution in [0.3, 0.4) is 0 Å².